The van der Waals surface area contributed by atoms with Gasteiger partial charge >= 0.3 is 5.97 Å². The highest BCUT2D eigenvalue weighted by molar-refractivity contribution is 9.10. The highest BCUT2D eigenvalue weighted by Crippen LogP contribution is 2.23. The number of benzene rings is 1. The molecule has 0 saturated heterocycles. The van der Waals surface area contributed by atoms with Crippen LogP contribution >= 0.6 is 27.3 Å². The summed E-state index contributed by atoms with van der Waals surface area (Å²) in [5.41, 5.74) is 1.35. The zero-order valence-corrected chi connectivity index (χ0v) is 16.3. The molecule has 3 rings (SSSR count). The minimum atomic E-state index is -0.420. The van der Waals surface area contributed by atoms with E-state index in [0.29, 0.717) is 5.56 Å². The summed E-state index contributed by atoms with van der Waals surface area (Å²) in [6.45, 7) is 0. The molecule has 0 radical (unpaired) electrons. The summed E-state index contributed by atoms with van der Waals surface area (Å²) in [7, 11) is 1.34. The molecule has 0 spiro atoms. The van der Waals surface area contributed by atoms with Gasteiger partial charge in [0.05, 0.1) is 35.9 Å². The molecule has 1 amide bonds. The molecule has 1 N–H and O–H groups in total. The molecule has 0 aliphatic carbocycles. The van der Waals surface area contributed by atoms with Gasteiger partial charge in [0.25, 0.3) is 5.91 Å². The number of halogens is 1. The van der Waals surface area contributed by atoms with Gasteiger partial charge in [-0.25, -0.2) is 4.68 Å². The number of aromatic nitrogens is 2. The molecule has 3 aromatic rings. The molecule has 6 nitrogen and oxygen atoms in total. The first-order chi connectivity index (χ1) is 12.6. The zero-order valence-electron chi connectivity index (χ0n) is 13.9. The van der Waals surface area contributed by atoms with Crippen LogP contribution in [0, 0.1) is 0 Å². The first kappa shape index (κ1) is 18.3. The van der Waals surface area contributed by atoms with Gasteiger partial charge in [0.2, 0.25) is 0 Å². The minimum absolute atomic E-state index is 0.0855. The van der Waals surface area contributed by atoms with E-state index in [0.717, 1.165) is 15.0 Å². The standard InChI is InChI=1S/C18H16BrN3O3S/c1-25-17(23)9-15(16-3-2-8-26-16)21-18(24)12-4-6-14(7-5-12)22-11-13(19)10-20-22/h2-8,10-11,15H,9H2,1H3,(H,21,24). The van der Waals surface area contributed by atoms with Crippen LogP contribution in [0.2, 0.25) is 0 Å². The summed E-state index contributed by atoms with van der Waals surface area (Å²) >= 11 is 4.84. The fraction of sp³-hybridized carbons (Fsp3) is 0.167. The van der Waals surface area contributed by atoms with Crippen molar-refractivity contribution in [1.29, 1.82) is 0 Å². The van der Waals surface area contributed by atoms with Crippen molar-refractivity contribution in [2.75, 3.05) is 7.11 Å². The van der Waals surface area contributed by atoms with Crippen LogP contribution in [0.4, 0.5) is 0 Å². The molecule has 0 saturated carbocycles. The number of carbonyl (C=O) groups excluding carboxylic acids is 2. The molecule has 8 heteroatoms. The molecule has 0 fully saturated rings. The van der Waals surface area contributed by atoms with Crippen LogP contribution in [0.15, 0.2) is 58.6 Å². The number of amides is 1. The first-order valence-electron chi connectivity index (χ1n) is 7.78. The second kappa shape index (κ2) is 8.29. The maximum absolute atomic E-state index is 12.6. The average Bonchev–Trinajstić information content (AvgIpc) is 3.33. The summed E-state index contributed by atoms with van der Waals surface area (Å²) in [5, 5.41) is 9.01. The third-order valence-corrected chi connectivity index (χ3v) is 5.13. The lowest BCUT2D eigenvalue weighted by Gasteiger charge is -2.16. The highest BCUT2D eigenvalue weighted by Gasteiger charge is 2.20. The Balaban J connectivity index is 1.73. The SMILES string of the molecule is COC(=O)CC(NC(=O)c1ccc(-n2cc(Br)cn2)cc1)c1cccs1. The molecule has 1 unspecified atom stereocenters. The summed E-state index contributed by atoms with van der Waals surface area (Å²) < 4.78 is 7.32. The number of thiophene rings is 1. The van der Waals surface area contributed by atoms with Gasteiger partial charge in [0, 0.05) is 16.6 Å². The van der Waals surface area contributed by atoms with Crippen LogP contribution < -0.4 is 5.32 Å². The van der Waals surface area contributed by atoms with Gasteiger partial charge < -0.3 is 10.1 Å². The van der Waals surface area contributed by atoms with E-state index >= 15 is 0 Å². The second-order valence-corrected chi connectivity index (χ2v) is 7.37. The molecule has 134 valence electrons. The molecule has 26 heavy (non-hydrogen) atoms. The van der Waals surface area contributed by atoms with Gasteiger partial charge in [-0.3, -0.25) is 9.59 Å². The van der Waals surface area contributed by atoms with E-state index in [9.17, 15) is 9.59 Å². The average molecular weight is 434 g/mol. The van der Waals surface area contributed by atoms with Crippen LogP contribution in [0.5, 0.6) is 0 Å². The normalized spacial score (nSPS) is 11.8. The predicted molar refractivity (Wildman–Crippen MR) is 102 cm³/mol. The van der Waals surface area contributed by atoms with E-state index in [4.69, 9.17) is 4.74 Å². The quantitative estimate of drug-likeness (QED) is 0.601. The molecule has 1 aromatic carbocycles. The van der Waals surface area contributed by atoms with Crippen LogP contribution in [0.3, 0.4) is 0 Å². The maximum atomic E-state index is 12.6. The predicted octanol–water partition coefficient (Wildman–Crippen LogP) is 3.73. The maximum Gasteiger partial charge on any atom is 0.307 e. The van der Waals surface area contributed by atoms with Gasteiger partial charge in [-0.1, -0.05) is 6.07 Å². The van der Waals surface area contributed by atoms with Crippen molar-refractivity contribution >= 4 is 39.1 Å². The summed E-state index contributed by atoms with van der Waals surface area (Å²) in [6, 6.07) is 10.4. The number of nitrogens with one attached hydrogen (secondary N) is 1. The van der Waals surface area contributed by atoms with Crippen LogP contribution in [0.25, 0.3) is 5.69 Å². The number of nitrogens with zero attached hydrogens (tertiary/aromatic N) is 2. The Morgan fingerprint density at radius 2 is 2.08 bits per heavy atom. The number of ether oxygens (including phenoxy) is 1. The molecule has 2 aromatic heterocycles. The van der Waals surface area contributed by atoms with Crippen LogP contribution in [-0.2, 0) is 9.53 Å². The van der Waals surface area contributed by atoms with E-state index in [1.54, 1.807) is 23.0 Å². The Hall–Kier alpha value is -2.45. The summed E-state index contributed by atoms with van der Waals surface area (Å²) in [4.78, 5) is 25.1. The molecule has 0 aliphatic heterocycles. The molecule has 2 heterocycles. The van der Waals surface area contributed by atoms with Crippen molar-refractivity contribution in [3.05, 3.63) is 69.1 Å². The lowest BCUT2D eigenvalue weighted by molar-refractivity contribution is -0.141. The Morgan fingerprint density at radius 3 is 2.65 bits per heavy atom. The van der Waals surface area contributed by atoms with Crippen molar-refractivity contribution in [3.8, 4) is 5.69 Å². The number of hydrogen-bond donors (Lipinski definition) is 1. The monoisotopic (exact) mass is 433 g/mol. The molecule has 0 bridgehead atoms. The lowest BCUT2D eigenvalue weighted by atomic mass is 10.1. The number of hydrogen-bond acceptors (Lipinski definition) is 5. The fourth-order valence-electron chi connectivity index (χ4n) is 2.41. The van der Waals surface area contributed by atoms with Gasteiger partial charge in [-0.2, -0.15) is 5.10 Å². The molecular weight excluding hydrogens is 418 g/mol. The van der Waals surface area contributed by atoms with Gasteiger partial charge in [0.1, 0.15) is 0 Å². The van der Waals surface area contributed by atoms with Gasteiger partial charge in [-0.15, -0.1) is 11.3 Å². The number of carbonyl (C=O) groups is 2. The molecule has 1 atom stereocenters. The van der Waals surface area contributed by atoms with Crippen molar-refractivity contribution < 1.29 is 14.3 Å². The Kier molecular flexibility index (Phi) is 5.85. The number of esters is 1. The van der Waals surface area contributed by atoms with E-state index in [2.05, 4.69) is 26.3 Å². The van der Waals surface area contributed by atoms with Gasteiger partial charge in [-0.05, 0) is 51.6 Å². The first-order valence-corrected chi connectivity index (χ1v) is 9.46. The van der Waals surface area contributed by atoms with Gasteiger partial charge in [0.15, 0.2) is 0 Å². The van der Waals surface area contributed by atoms with Crippen LogP contribution in [0.1, 0.15) is 27.7 Å². The zero-order chi connectivity index (χ0) is 18.5. The van der Waals surface area contributed by atoms with E-state index in [1.165, 1.54) is 18.4 Å². The minimum Gasteiger partial charge on any atom is -0.469 e. The van der Waals surface area contributed by atoms with Crippen molar-refractivity contribution in [2.45, 2.75) is 12.5 Å². The fourth-order valence-corrected chi connectivity index (χ4v) is 3.47. The lowest BCUT2D eigenvalue weighted by Crippen LogP contribution is -2.30. The van der Waals surface area contributed by atoms with Crippen molar-refractivity contribution in [2.24, 2.45) is 0 Å². The van der Waals surface area contributed by atoms with E-state index < -0.39 is 6.04 Å². The smallest absolute Gasteiger partial charge is 0.307 e. The summed E-state index contributed by atoms with van der Waals surface area (Å²) in [5.74, 6) is -0.621. The Bertz CT molecular complexity index is 891. The summed E-state index contributed by atoms with van der Waals surface area (Å²) in [6.07, 6.45) is 3.61. The topological polar surface area (TPSA) is 73.2 Å². The van der Waals surface area contributed by atoms with E-state index in [-0.39, 0.29) is 18.3 Å². The number of rotatable bonds is 6. The Labute approximate surface area is 162 Å². The van der Waals surface area contributed by atoms with E-state index in [1.807, 2.05) is 35.8 Å². The van der Waals surface area contributed by atoms with Crippen molar-refractivity contribution in [3.63, 3.8) is 0 Å². The largest absolute Gasteiger partial charge is 0.469 e. The molecule has 0 aliphatic rings. The third-order valence-electron chi connectivity index (χ3n) is 3.74. The van der Waals surface area contributed by atoms with Crippen molar-refractivity contribution in [1.82, 2.24) is 15.1 Å². The second-order valence-electron chi connectivity index (χ2n) is 5.47. The number of methoxy groups -OCH3 is 1. The van der Waals surface area contributed by atoms with Crippen LogP contribution in [-0.4, -0.2) is 28.8 Å². The third kappa shape index (κ3) is 4.39. The Morgan fingerprint density at radius 1 is 1.31 bits per heavy atom. The molecular formula is C18H16BrN3O3S. The highest BCUT2D eigenvalue weighted by atomic mass is 79.9.